The van der Waals surface area contributed by atoms with Crippen molar-refractivity contribution in [3.05, 3.63) is 84.9 Å². The maximum absolute atomic E-state index is 13.0. The SMILES string of the molecule is C=CC(=O)OCCOCCOCCOc1ccc(OC(=O)C2CCC(COc3ccc(OCC4CCC(C(=O)Oc5ccc(OCCOCCO)cc5)CC4)cc3C=N)CC2)cc1. The van der Waals surface area contributed by atoms with Gasteiger partial charge in [0.15, 0.2) is 0 Å². The van der Waals surface area contributed by atoms with Crippen molar-refractivity contribution in [3.8, 4) is 34.5 Å². The highest BCUT2D eigenvalue weighted by molar-refractivity contribution is 5.82. The molecule has 0 saturated heterocycles. The van der Waals surface area contributed by atoms with Gasteiger partial charge in [0, 0.05) is 17.9 Å². The molecule has 0 spiro atoms. The van der Waals surface area contributed by atoms with E-state index in [0.29, 0.717) is 112 Å². The molecule has 15 heteroatoms. The van der Waals surface area contributed by atoms with Crippen molar-refractivity contribution in [2.24, 2.45) is 23.7 Å². The van der Waals surface area contributed by atoms with Crippen molar-refractivity contribution in [3.63, 3.8) is 0 Å². The Hall–Kier alpha value is -5.48. The van der Waals surface area contributed by atoms with Crippen LogP contribution in [0.25, 0.3) is 0 Å². The van der Waals surface area contributed by atoms with Gasteiger partial charge < -0.3 is 57.9 Å². The van der Waals surface area contributed by atoms with Crippen LogP contribution in [0.4, 0.5) is 0 Å². The second-order valence-corrected chi connectivity index (χ2v) is 15.3. The summed E-state index contributed by atoms with van der Waals surface area (Å²) in [4.78, 5) is 36.8. The highest BCUT2D eigenvalue weighted by atomic mass is 16.6. The number of rotatable bonds is 28. The van der Waals surface area contributed by atoms with Crippen LogP contribution in [-0.2, 0) is 33.3 Å². The molecule has 0 atom stereocenters. The van der Waals surface area contributed by atoms with E-state index in [4.69, 9.17) is 57.9 Å². The molecule has 342 valence electrons. The van der Waals surface area contributed by atoms with Crippen LogP contribution >= 0.6 is 0 Å². The summed E-state index contributed by atoms with van der Waals surface area (Å²) in [5.41, 5.74) is 0.636. The number of aliphatic hydroxyl groups is 1. The van der Waals surface area contributed by atoms with E-state index in [1.54, 1.807) is 48.5 Å². The highest BCUT2D eigenvalue weighted by Gasteiger charge is 2.30. The van der Waals surface area contributed by atoms with Crippen molar-refractivity contribution in [1.29, 1.82) is 5.41 Å². The molecule has 0 unspecified atom stereocenters. The summed E-state index contributed by atoms with van der Waals surface area (Å²) < 4.78 is 55.7. The lowest BCUT2D eigenvalue weighted by atomic mass is 9.82. The molecule has 2 N–H and O–H groups in total. The van der Waals surface area contributed by atoms with Crippen LogP contribution < -0.4 is 28.4 Å². The van der Waals surface area contributed by atoms with Gasteiger partial charge in [0.2, 0.25) is 0 Å². The Morgan fingerprint density at radius 1 is 0.556 bits per heavy atom. The van der Waals surface area contributed by atoms with Gasteiger partial charge in [-0.15, -0.1) is 0 Å². The Labute approximate surface area is 369 Å². The van der Waals surface area contributed by atoms with Crippen LogP contribution in [0.5, 0.6) is 34.5 Å². The van der Waals surface area contributed by atoms with E-state index >= 15 is 0 Å². The van der Waals surface area contributed by atoms with Crippen molar-refractivity contribution < 1.29 is 66.9 Å². The van der Waals surface area contributed by atoms with Crippen LogP contribution in [0.2, 0.25) is 0 Å². The Morgan fingerprint density at radius 2 is 1.00 bits per heavy atom. The van der Waals surface area contributed by atoms with Gasteiger partial charge in [-0.3, -0.25) is 9.59 Å². The third-order valence-electron chi connectivity index (χ3n) is 10.8. The Kier molecular flexibility index (Phi) is 21.2. The molecule has 63 heavy (non-hydrogen) atoms. The van der Waals surface area contributed by atoms with Gasteiger partial charge in [0.1, 0.15) is 54.3 Å². The zero-order valence-electron chi connectivity index (χ0n) is 35.9. The molecule has 2 aliphatic carbocycles. The fourth-order valence-corrected chi connectivity index (χ4v) is 7.20. The normalized spacial score (nSPS) is 18.4. The summed E-state index contributed by atoms with van der Waals surface area (Å²) in [6.07, 6.45) is 8.62. The van der Waals surface area contributed by atoms with Gasteiger partial charge >= 0.3 is 17.9 Å². The molecule has 5 rings (SSSR count). The maximum atomic E-state index is 13.0. The van der Waals surface area contributed by atoms with Crippen molar-refractivity contribution in [2.45, 2.75) is 51.4 Å². The van der Waals surface area contributed by atoms with Gasteiger partial charge in [-0.1, -0.05) is 6.58 Å². The van der Waals surface area contributed by atoms with E-state index < -0.39 is 5.97 Å². The lowest BCUT2D eigenvalue weighted by Gasteiger charge is -2.27. The molecule has 3 aromatic rings. The van der Waals surface area contributed by atoms with Crippen molar-refractivity contribution in [2.75, 3.05) is 79.3 Å². The Bertz CT molecular complexity index is 1840. The molecule has 0 aliphatic heterocycles. The zero-order valence-corrected chi connectivity index (χ0v) is 35.9. The highest BCUT2D eigenvalue weighted by Crippen LogP contribution is 2.34. The number of carbonyl (C=O) groups is 3. The second kappa shape index (κ2) is 27.6. The number of esters is 3. The van der Waals surface area contributed by atoms with Crippen LogP contribution in [0.3, 0.4) is 0 Å². The summed E-state index contributed by atoms with van der Waals surface area (Å²) in [6, 6.07) is 19.4. The fraction of sp³-hybridized carbons (Fsp3) is 0.500. The molecular weight excluding hydrogens is 815 g/mol. The molecule has 2 saturated carbocycles. The quantitative estimate of drug-likeness (QED) is 0.0255. The number of carbonyl (C=O) groups excluding carboxylic acids is 3. The van der Waals surface area contributed by atoms with E-state index in [1.807, 2.05) is 18.2 Å². The lowest BCUT2D eigenvalue weighted by molar-refractivity contribution is -0.141. The first-order chi connectivity index (χ1) is 30.8. The third kappa shape index (κ3) is 17.7. The topological polar surface area (TPSA) is 188 Å². The summed E-state index contributed by atoms with van der Waals surface area (Å²) in [5.74, 6) is 2.81. The molecule has 0 amide bonds. The first-order valence-corrected chi connectivity index (χ1v) is 21.8. The number of ether oxygens (including phenoxy) is 10. The molecule has 0 radical (unpaired) electrons. The van der Waals surface area contributed by atoms with Crippen LogP contribution in [0.15, 0.2) is 79.4 Å². The summed E-state index contributed by atoms with van der Waals surface area (Å²) in [5, 5.41) is 16.8. The summed E-state index contributed by atoms with van der Waals surface area (Å²) in [6.45, 7) is 7.25. The number of hydrogen-bond acceptors (Lipinski definition) is 15. The first-order valence-electron chi connectivity index (χ1n) is 21.8. The number of hydrogen-bond donors (Lipinski definition) is 2. The van der Waals surface area contributed by atoms with Crippen LogP contribution in [0.1, 0.15) is 56.9 Å². The standard InChI is InChI=1S/C48H61NO14/c1-2-46(51)59-30-27-56-24-23-55-26-29-58-41-13-17-43(18-14-41)63-48(53)38-9-5-36(6-10-38)34-61-45-20-19-44(31-39(45)32-49)60-33-35-3-7-37(8-4-35)47(52)62-42-15-11-40(12-16-42)57-28-25-54-22-21-50/h2,11-20,31-32,35-38,49-50H,1,3-10,21-30,33-34H2. The Morgan fingerprint density at radius 3 is 1.49 bits per heavy atom. The lowest BCUT2D eigenvalue weighted by Crippen LogP contribution is -2.28. The molecule has 0 bridgehead atoms. The molecule has 3 aromatic carbocycles. The summed E-state index contributed by atoms with van der Waals surface area (Å²) >= 11 is 0. The monoisotopic (exact) mass is 875 g/mol. The predicted molar refractivity (Wildman–Crippen MR) is 232 cm³/mol. The van der Waals surface area contributed by atoms with E-state index in [9.17, 15) is 14.4 Å². The molecular formula is C48H61NO14. The maximum Gasteiger partial charge on any atom is 0.330 e. The van der Waals surface area contributed by atoms with E-state index in [1.165, 1.54) is 6.21 Å². The smallest absolute Gasteiger partial charge is 0.330 e. The third-order valence-corrected chi connectivity index (χ3v) is 10.8. The molecule has 15 nitrogen and oxygen atoms in total. The van der Waals surface area contributed by atoms with Crippen molar-refractivity contribution >= 4 is 24.1 Å². The second-order valence-electron chi connectivity index (χ2n) is 15.3. The first kappa shape index (κ1) is 48.6. The van der Waals surface area contributed by atoms with E-state index in [2.05, 4.69) is 6.58 Å². The Balaban J connectivity index is 0.914. The average molecular weight is 876 g/mol. The number of aliphatic hydroxyl groups excluding tert-OH is 1. The van der Waals surface area contributed by atoms with E-state index in [-0.39, 0.29) is 56.1 Å². The largest absolute Gasteiger partial charge is 0.493 e. The molecule has 2 aliphatic rings. The van der Waals surface area contributed by atoms with Gasteiger partial charge in [-0.2, -0.15) is 0 Å². The molecule has 0 heterocycles. The van der Waals surface area contributed by atoms with Crippen LogP contribution in [-0.4, -0.2) is 109 Å². The molecule has 0 aromatic heterocycles. The average Bonchev–Trinajstić information content (AvgIpc) is 3.32. The van der Waals surface area contributed by atoms with Gasteiger partial charge in [0.05, 0.1) is 71.3 Å². The molecule has 2 fully saturated rings. The zero-order chi connectivity index (χ0) is 44.5. The fourth-order valence-electron chi connectivity index (χ4n) is 7.20. The predicted octanol–water partition coefficient (Wildman–Crippen LogP) is 6.79. The van der Waals surface area contributed by atoms with Gasteiger partial charge in [-0.25, -0.2) is 4.79 Å². The van der Waals surface area contributed by atoms with Crippen LogP contribution in [0, 0.1) is 29.1 Å². The number of nitrogens with one attached hydrogen (secondary N) is 1. The van der Waals surface area contributed by atoms with Crippen molar-refractivity contribution in [1.82, 2.24) is 0 Å². The minimum Gasteiger partial charge on any atom is -0.493 e. The van der Waals surface area contributed by atoms with E-state index in [0.717, 1.165) is 44.6 Å². The van der Waals surface area contributed by atoms with Gasteiger partial charge in [-0.05, 0) is 130 Å². The van der Waals surface area contributed by atoms with Gasteiger partial charge in [0.25, 0.3) is 0 Å². The minimum absolute atomic E-state index is 0.0259. The number of benzene rings is 3. The summed E-state index contributed by atoms with van der Waals surface area (Å²) in [7, 11) is 0. The minimum atomic E-state index is -0.481.